The van der Waals surface area contributed by atoms with E-state index in [1.807, 2.05) is 12.2 Å². The van der Waals surface area contributed by atoms with Crippen molar-refractivity contribution in [2.45, 2.75) is 58.3 Å². The summed E-state index contributed by atoms with van der Waals surface area (Å²) < 4.78 is 0. The minimum atomic E-state index is -0.741. The predicted molar refractivity (Wildman–Crippen MR) is 105 cm³/mol. The van der Waals surface area contributed by atoms with E-state index in [9.17, 15) is 4.79 Å². The molecule has 0 heterocycles. The largest absolute Gasteiger partial charge is 0.481 e. The third-order valence-corrected chi connectivity index (χ3v) is 3.12. The third-order valence-electron chi connectivity index (χ3n) is 3.12. The Morgan fingerprint density at radius 2 is 0.958 bits per heavy atom. The molecule has 0 bridgehead atoms. The second-order valence-electron chi connectivity index (χ2n) is 5.35. The van der Waals surface area contributed by atoms with Crippen LogP contribution in [0.3, 0.4) is 0 Å². The van der Waals surface area contributed by atoms with Gasteiger partial charge in [0.05, 0.1) is 0 Å². The Bertz CT molecular complexity index is 462. The van der Waals surface area contributed by atoms with E-state index in [1.54, 1.807) is 0 Å². The van der Waals surface area contributed by atoms with Gasteiger partial charge in [0.15, 0.2) is 0 Å². The highest BCUT2D eigenvalue weighted by Crippen LogP contribution is 1.97. The number of hydrogen-bond donors (Lipinski definition) is 1. The summed E-state index contributed by atoms with van der Waals surface area (Å²) in [4.78, 5) is 10.3. The van der Waals surface area contributed by atoms with E-state index < -0.39 is 5.97 Å². The Balaban J connectivity index is 3.51. The molecule has 0 saturated carbocycles. The highest BCUT2D eigenvalue weighted by molar-refractivity contribution is 5.66. The Kier molecular flexibility index (Phi) is 17.3. The van der Waals surface area contributed by atoms with Gasteiger partial charge in [0.2, 0.25) is 0 Å². The minimum absolute atomic E-state index is 0.210. The van der Waals surface area contributed by atoms with Gasteiger partial charge < -0.3 is 5.11 Å². The summed E-state index contributed by atoms with van der Waals surface area (Å²) in [6, 6.07) is 0. The molecular weight excluding hydrogens is 296 g/mol. The van der Waals surface area contributed by atoms with Crippen molar-refractivity contribution >= 4 is 5.97 Å². The highest BCUT2D eigenvalue weighted by Gasteiger charge is 1.90. The van der Waals surface area contributed by atoms with Crippen LogP contribution in [-0.4, -0.2) is 11.1 Å². The van der Waals surface area contributed by atoms with Gasteiger partial charge in [0.25, 0.3) is 0 Å². The van der Waals surface area contributed by atoms with E-state index in [0.717, 1.165) is 38.5 Å². The maximum absolute atomic E-state index is 10.3. The van der Waals surface area contributed by atoms with Gasteiger partial charge in [-0.2, -0.15) is 0 Å². The Labute approximate surface area is 147 Å². The van der Waals surface area contributed by atoms with Gasteiger partial charge in [0, 0.05) is 6.42 Å². The van der Waals surface area contributed by atoms with Gasteiger partial charge in [-0.1, -0.05) is 79.8 Å². The van der Waals surface area contributed by atoms with Gasteiger partial charge in [-0.05, 0) is 44.9 Å². The number of hydrogen-bond acceptors (Lipinski definition) is 1. The maximum Gasteiger partial charge on any atom is 0.303 e. The molecule has 2 nitrogen and oxygen atoms in total. The molecule has 132 valence electrons. The van der Waals surface area contributed by atoms with Gasteiger partial charge in [0.1, 0.15) is 0 Å². The summed E-state index contributed by atoms with van der Waals surface area (Å²) in [5.74, 6) is -0.741. The van der Waals surface area contributed by atoms with Crippen LogP contribution in [-0.2, 0) is 4.79 Å². The summed E-state index contributed by atoms with van der Waals surface area (Å²) in [5.41, 5.74) is 0. The van der Waals surface area contributed by atoms with Crippen LogP contribution < -0.4 is 0 Å². The van der Waals surface area contributed by atoms with Crippen molar-refractivity contribution in [1.82, 2.24) is 0 Å². The van der Waals surface area contributed by atoms with Crippen molar-refractivity contribution in [1.29, 1.82) is 0 Å². The number of aliphatic carboxylic acids is 1. The van der Waals surface area contributed by atoms with E-state index in [1.165, 1.54) is 0 Å². The Morgan fingerprint density at radius 1 is 0.625 bits per heavy atom. The topological polar surface area (TPSA) is 37.3 Å². The maximum atomic E-state index is 10.3. The first kappa shape index (κ1) is 21.9. The van der Waals surface area contributed by atoms with Crippen LogP contribution in [0.2, 0.25) is 0 Å². The molecule has 24 heavy (non-hydrogen) atoms. The summed E-state index contributed by atoms with van der Waals surface area (Å²) in [5, 5.41) is 8.49. The second-order valence-corrected chi connectivity index (χ2v) is 5.35. The average Bonchev–Trinajstić information content (AvgIpc) is 2.56. The predicted octanol–water partition coefficient (Wildman–Crippen LogP) is 6.55. The zero-order valence-electron chi connectivity index (χ0n) is 14.9. The molecule has 1 N–H and O–H groups in total. The van der Waals surface area contributed by atoms with Crippen molar-refractivity contribution in [3.8, 4) is 0 Å². The van der Waals surface area contributed by atoms with Crippen molar-refractivity contribution in [3.05, 3.63) is 72.9 Å². The molecule has 0 radical (unpaired) electrons. The molecule has 0 atom stereocenters. The van der Waals surface area contributed by atoms with Crippen LogP contribution in [0, 0.1) is 0 Å². The lowest BCUT2D eigenvalue weighted by Gasteiger charge is -1.87. The van der Waals surface area contributed by atoms with Crippen molar-refractivity contribution in [3.63, 3.8) is 0 Å². The molecule has 0 fully saturated rings. The van der Waals surface area contributed by atoms with Crippen molar-refractivity contribution < 1.29 is 9.90 Å². The van der Waals surface area contributed by atoms with Crippen molar-refractivity contribution in [2.24, 2.45) is 0 Å². The molecule has 0 unspecified atom stereocenters. The van der Waals surface area contributed by atoms with Crippen LogP contribution in [0.15, 0.2) is 72.9 Å². The van der Waals surface area contributed by atoms with Crippen LogP contribution in [0.5, 0.6) is 0 Å². The van der Waals surface area contributed by atoms with E-state index in [2.05, 4.69) is 67.7 Å². The molecule has 0 aromatic heterocycles. The molecule has 0 aromatic carbocycles. The van der Waals surface area contributed by atoms with Crippen LogP contribution in [0.4, 0.5) is 0 Å². The average molecular weight is 328 g/mol. The van der Waals surface area contributed by atoms with Gasteiger partial charge in [-0.25, -0.2) is 0 Å². The van der Waals surface area contributed by atoms with Crippen LogP contribution >= 0.6 is 0 Å². The lowest BCUT2D eigenvalue weighted by Crippen LogP contribution is -1.91. The number of carboxylic acid groups (broad SMARTS) is 1. The first-order valence-corrected chi connectivity index (χ1v) is 8.89. The highest BCUT2D eigenvalue weighted by atomic mass is 16.4. The molecule has 0 aliphatic heterocycles. The Hall–Kier alpha value is -2.09. The Morgan fingerprint density at radius 3 is 1.29 bits per heavy atom. The van der Waals surface area contributed by atoms with Crippen molar-refractivity contribution in [2.75, 3.05) is 0 Å². The van der Waals surface area contributed by atoms with E-state index in [0.29, 0.717) is 6.42 Å². The number of carbonyl (C=O) groups is 1. The summed E-state index contributed by atoms with van der Waals surface area (Å²) in [7, 11) is 0. The fourth-order valence-corrected chi connectivity index (χ4v) is 1.85. The zero-order valence-corrected chi connectivity index (χ0v) is 14.9. The van der Waals surface area contributed by atoms with E-state index in [4.69, 9.17) is 5.11 Å². The number of allylic oxidation sites excluding steroid dienone is 12. The SMILES string of the molecule is CCC=CCC=CCC=CCC=CC/C=C/C/C=C/CCC(=O)O. The summed E-state index contributed by atoms with van der Waals surface area (Å²) in [6.45, 7) is 2.15. The molecule has 0 aromatic rings. The molecule has 0 saturated heterocycles. The molecule has 0 rings (SSSR count). The molecule has 2 heteroatoms. The van der Waals surface area contributed by atoms with Gasteiger partial charge in [-0.15, -0.1) is 0 Å². The number of carboxylic acids is 1. The quantitative estimate of drug-likeness (QED) is 0.367. The summed E-state index contributed by atoms with van der Waals surface area (Å²) >= 11 is 0. The first-order chi connectivity index (χ1) is 11.8. The smallest absolute Gasteiger partial charge is 0.303 e. The van der Waals surface area contributed by atoms with Gasteiger partial charge in [-0.3, -0.25) is 4.79 Å². The molecular formula is C22H32O2. The monoisotopic (exact) mass is 328 g/mol. The zero-order chi connectivity index (χ0) is 17.7. The lowest BCUT2D eigenvalue weighted by molar-refractivity contribution is -0.136. The third kappa shape index (κ3) is 19.9. The van der Waals surface area contributed by atoms with Crippen LogP contribution in [0.25, 0.3) is 0 Å². The fourth-order valence-electron chi connectivity index (χ4n) is 1.85. The fraction of sp³-hybridized carbons (Fsp3) is 0.409. The lowest BCUT2D eigenvalue weighted by atomic mass is 10.2. The molecule has 0 amide bonds. The summed E-state index contributed by atoms with van der Waals surface area (Å²) in [6.07, 6.45) is 32.5. The normalized spacial score (nSPS) is 13.0. The van der Waals surface area contributed by atoms with Crippen LogP contribution in [0.1, 0.15) is 58.3 Å². The molecule has 0 aliphatic rings. The molecule has 0 spiro atoms. The standard InChI is InChI=1S/C22H32O2/c1-2-3-4-5-6-7-8-9-10-11-12-13-14-15-16-17-18-19-20-21-22(23)24/h3-4,6-7,9-10,12-13,15-16,18-19H,2,5,8,11,14,17,20-21H2,1H3,(H,23,24)/b4-3?,7-6?,10-9?,13-12?,16-15+,19-18+. The minimum Gasteiger partial charge on any atom is -0.481 e. The van der Waals surface area contributed by atoms with E-state index >= 15 is 0 Å². The first-order valence-electron chi connectivity index (χ1n) is 8.89. The van der Waals surface area contributed by atoms with Gasteiger partial charge >= 0.3 is 5.97 Å². The number of rotatable bonds is 14. The van der Waals surface area contributed by atoms with E-state index in [-0.39, 0.29) is 6.42 Å². The molecule has 0 aliphatic carbocycles. The second kappa shape index (κ2) is 19.0.